The number of nitrogens with one attached hydrogen (secondary N) is 5. The van der Waals surface area contributed by atoms with Crippen LogP contribution in [0.5, 0.6) is 0 Å². The number of hydrogen-bond donors (Lipinski definition) is 6. The van der Waals surface area contributed by atoms with Crippen molar-refractivity contribution in [2.75, 3.05) is 72.0 Å². The third-order valence-electron chi connectivity index (χ3n) is 4.44. The van der Waals surface area contributed by atoms with Gasteiger partial charge in [0.05, 0.1) is 0 Å². The maximum absolute atomic E-state index is 5.41. The number of rotatable bonds is 23. The van der Waals surface area contributed by atoms with Crippen LogP contribution in [0.25, 0.3) is 0 Å². The third kappa shape index (κ3) is 23.8. The maximum atomic E-state index is 5.41. The smallest absolute Gasteiger partial charge is 0.00772 e. The minimum absolute atomic E-state index is 0.712. The molecule has 0 bridgehead atoms. The first kappa shape index (κ1) is 25.8. The van der Waals surface area contributed by atoms with Crippen LogP contribution in [0, 0.1) is 0 Å². The molecule has 0 unspecified atom stereocenters. The highest BCUT2D eigenvalue weighted by molar-refractivity contribution is 4.58. The molecule has 0 heterocycles. The Labute approximate surface area is 163 Å². The average molecular weight is 373 g/mol. The van der Waals surface area contributed by atoms with Crippen molar-refractivity contribution in [1.29, 1.82) is 0 Å². The molecule has 0 fully saturated rings. The van der Waals surface area contributed by atoms with Gasteiger partial charge in [-0.2, -0.15) is 0 Å². The molecule has 0 spiro atoms. The Hall–Kier alpha value is -0.240. The van der Waals surface area contributed by atoms with Crippen LogP contribution in [0.2, 0.25) is 0 Å². The van der Waals surface area contributed by atoms with Crippen molar-refractivity contribution in [3.8, 4) is 0 Å². The van der Waals surface area contributed by atoms with Gasteiger partial charge in [-0.3, -0.25) is 0 Å². The fourth-order valence-electron chi connectivity index (χ4n) is 2.82. The number of hydrogen-bond acceptors (Lipinski definition) is 6. The second kappa shape index (κ2) is 24.8. The summed E-state index contributed by atoms with van der Waals surface area (Å²) in [4.78, 5) is 0. The summed E-state index contributed by atoms with van der Waals surface area (Å²) in [5, 5.41) is 17.1. The summed E-state index contributed by atoms with van der Waals surface area (Å²) in [6, 6.07) is 0. The molecule has 7 N–H and O–H groups in total. The van der Waals surface area contributed by atoms with Gasteiger partial charge in [0, 0.05) is 65.4 Å². The summed E-state index contributed by atoms with van der Waals surface area (Å²) < 4.78 is 0. The quantitative estimate of drug-likeness (QED) is 0.150. The van der Waals surface area contributed by atoms with E-state index < -0.39 is 0 Å². The van der Waals surface area contributed by atoms with Crippen molar-refractivity contribution < 1.29 is 0 Å². The molecule has 26 heavy (non-hydrogen) atoms. The SMILES string of the molecule is CCCCCCCCCCNCCNCCNCCNCCNCCN. The molecule has 0 aromatic rings. The number of nitrogens with two attached hydrogens (primary N) is 1. The summed E-state index contributed by atoms with van der Waals surface area (Å²) in [6.07, 6.45) is 11.2. The van der Waals surface area contributed by atoms with E-state index in [1.807, 2.05) is 0 Å². The first-order chi connectivity index (χ1) is 12.9. The van der Waals surface area contributed by atoms with Gasteiger partial charge in [0.15, 0.2) is 0 Å². The topological polar surface area (TPSA) is 86.2 Å². The van der Waals surface area contributed by atoms with Crippen LogP contribution in [0.1, 0.15) is 58.3 Å². The van der Waals surface area contributed by atoms with E-state index in [9.17, 15) is 0 Å². The molecular weight excluding hydrogens is 324 g/mol. The van der Waals surface area contributed by atoms with E-state index in [0.717, 1.165) is 58.9 Å². The molecule has 6 heteroatoms. The van der Waals surface area contributed by atoms with Gasteiger partial charge < -0.3 is 32.3 Å². The third-order valence-corrected chi connectivity index (χ3v) is 4.44. The standard InChI is InChI=1S/C20H48N6/c1-2-3-4-5-6-7-8-9-11-22-13-15-24-17-19-26-20-18-25-16-14-23-12-10-21/h22-26H,2-21H2,1H3. The van der Waals surface area contributed by atoms with Crippen LogP contribution in [0.4, 0.5) is 0 Å². The fraction of sp³-hybridized carbons (Fsp3) is 1.00. The zero-order valence-electron chi connectivity index (χ0n) is 17.5. The monoisotopic (exact) mass is 372 g/mol. The average Bonchev–Trinajstić information content (AvgIpc) is 2.66. The van der Waals surface area contributed by atoms with Crippen molar-refractivity contribution in [3.05, 3.63) is 0 Å². The lowest BCUT2D eigenvalue weighted by Crippen LogP contribution is -2.37. The van der Waals surface area contributed by atoms with Crippen LogP contribution in [-0.2, 0) is 0 Å². The van der Waals surface area contributed by atoms with E-state index >= 15 is 0 Å². The highest BCUT2D eigenvalue weighted by atomic mass is 15.0. The Balaban J connectivity index is 2.95. The summed E-state index contributed by atoms with van der Waals surface area (Å²) in [6.45, 7) is 13.3. The molecule has 0 aromatic heterocycles. The van der Waals surface area contributed by atoms with E-state index in [4.69, 9.17) is 5.73 Å². The Morgan fingerprint density at radius 3 is 1.19 bits per heavy atom. The van der Waals surface area contributed by atoms with Gasteiger partial charge in [-0.05, 0) is 13.0 Å². The lowest BCUT2D eigenvalue weighted by atomic mass is 10.1. The molecule has 0 radical (unpaired) electrons. The van der Waals surface area contributed by atoms with Crippen LogP contribution < -0.4 is 32.3 Å². The Bertz CT molecular complexity index is 216. The summed E-state index contributed by atoms with van der Waals surface area (Å²) >= 11 is 0. The van der Waals surface area contributed by atoms with Crippen molar-refractivity contribution >= 4 is 0 Å². The van der Waals surface area contributed by atoms with Gasteiger partial charge in [0.1, 0.15) is 0 Å². The second-order valence-electron chi connectivity index (χ2n) is 7.01. The minimum atomic E-state index is 0.712. The molecule has 0 rings (SSSR count). The van der Waals surface area contributed by atoms with Crippen LogP contribution >= 0.6 is 0 Å². The van der Waals surface area contributed by atoms with Crippen molar-refractivity contribution in [2.45, 2.75) is 58.3 Å². The molecule has 0 aliphatic heterocycles. The Morgan fingerprint density at radius 2 is 0.769 bits per heavy atom. The van der Waals surface area contributed by atoms with Crippen LogP contribution in [-0.4, -0.2) is 72.0 Å². The molecule has 158 valence electrons. The maximum Gasteiger partial charge on any atom is 0.00772 e. The predicted octanol–water partition coefficient (Wildman–Crippen LogP) is 1.03. The molecule has 0 saturated heterocycles. The normalized spacial score (nSPS) is 11.3. The first-order valence-corrected chi connectivity index (χ1v) is 11.2. The molecule has 0 amide bonds. The zero-order chi connectivity index (χ0) is 19.0. The molecule has 6 nitrogen and oxygen atoms in total. The predicted molar refractivity (Wildman–Crippen MR) is 116 cm³/mol. The van der Waals surface area contributed by atoms with Gasteiger partial charge >= 0.3 is 0 Å². The highest BCUT2D eigenvalue weighted by Gasteiger charge is 1.93. The molecular formula is C20H48N6. The minimum Gasteiger partial charge on any atom is -0.329 e. The van der Waals surface area contributed by atoms with Crippen LogP contribution in [0.3, 0.4) is 0 Å². The lowest BCUT2D eigenvalue weighted by molar-refractivity contribution is 0.538. The zero-order valence-corrected chi connectivity index (χ0v) is 17.5. The summed E-state index contributed by atoms with van der Waals surface area (Å²) in [5.74, 6) is 0. The molecule has 0 aliphatic rings. The molecule has 0 aromatic carbocycles. The second-order valence-corrected chi connectivity index (χ2v) is 7.01. The van der Waals surface area contributed by atoms with E-state index in [1.54, 1.807) is 0 Å². The Kier molecular flexibility index (Phi) is 24.5. The van der Waals surface area contributed by atoms with Crippen molar-refractivity contribution in [2.24, 2.45) is 5.73 Å². The largest absolute Gasteiger partial charge is 0.329 e. The Morgan fingerprint density at radius 1 is 0.423 bits per heavy atom. The van der Waals surface area contributed by atoms with Gasteiger partial charge in [0.2, 0.25) is 0 Å². The molecule has 0 atom stereocenters. The summed E-state index contributed by atoms with van der Waals surface area (Å²) in [7, 11) is 0. The number of unbranched alkanes of at least 4 members (excludes halogenated alkanes) is 7. The first-order valence-electron chi connectivity index (χ1n) is 11.2. The van der Waals surface area contributed by atoms with Crippen LogP contribution in [0.15, 0.2) is 0 Å². The van der Waals surface area contributed by atoms with Crippen molar-refractivity contribution in [3.63, 3.8) is 0 Å². The van der Waals surface area contributed by atoms with E-state index in [1.165, 1.54) is 57.9 Å². The van der Waals surface area contributed by atoms with Gasteiger partial charge in [0.25, 0.3) is 0 Å². The van der Waals surface area contributed by atoms with Gasteiger partial charge in [-0.1, -0.05) is 51.9 Å². The molecule has 0 saturated carbocycles. The van der Waals surface area contributed by atoms with Gasteiger partial charge in [-0.25, -0.2) is 0 Å². The van der Waals surface area contributed by atoms with E-state index in [0.29, 0.717) is 6.54 Å². The summed E-state index contributed by atoms with van der Waals surface area (Å²) in [5.41, 5.74) is 5.41. The van der Waals surface area contributed by atoms with Crippen molar-refractivity contribution in [1.82, 2.24) is 26.6 Å². The molecule has 0 aliphatic carbocycles. The van der Waals surface area contributed by atoms with Gasteiger partial charge in [-0.15, -0.1) is 0 Å². The lowest BCUT2D eigenvalue weighted by Gasteiger charge is -2.09. The van der Waals surface area contributed by atoms with E-state index in [-0.39, 0.29) is 0 Å². The van der Waals surface area contributed by atoms with E-state index in [2.05, 4.69) is 33.5 Å². The highest BCUT2D eigenvalue weighted by Crippen LogP contribution is 2.07. The fourth-order valence-corrected chi connectivity index (χ4v) is 2.82.